The molecule has 182 valence electrons. The van der Waals surface area contributed by atoms with Gasteiger partial charge in [0.15, 0.2) is 0 Å². The minimum atomic E-state index is -1.18. The Morgan fingerprint density at radius 3 is 2.21 bits per heavy atom. The zero-order valence-electron chi connectivity index (χ0n) is 18.9. The number of aliphatic carboxylic acids is 1. The van der Waals surface area contributed by atoms with Crippen molar-refractivity contribution >= 4 is 29.6 Å². The lowest BCUT2D eigenvalue weighted by atomic mass is 9.99. The highest BCUT2D eigenvalue weighted by atomic mass is 16.4. The Labute approximate surface area is 192 Å². The molecule has 0 aliphatic carbocycles. The van der Waals surface area contributed by atoms with E-state index in [9.17, 15) is 29.1 Å². The van der Waals surface area contributed by atoms with Gasteiger partial charge in [-0.05, 0) is 24.3 Å². The Hall–Kier alpha value is -3.47. The lowest BCUT2D eigenvalue weighted by molar-refractivity contribution is -0.143. The SMILES string of the molecule is CCC(C)C(NC(=O)CNC(=O)C(CCC(N)=O)NC(=O)C(N)Cc1ccccc1)C(=O)O. The van der Waals surface area contributed by atoms with Crippen molar-refractivity contribution in [3.8, 4) is 0 Å². The van der Waals surface area contributed by atoms with E-state index >= 15 is 0 Å². The minimum Gasteiger partial charge on any atom is -0.480 e. The van der Waals surface area contributed by atoms with Crippen LogP contribution in [0, 0.1) is 5.92 Å². The number of carbonyl (C=O) groups excluding carboxylic acids is 4. The molecule has 4 unspecified atom stereocenters. The highest BCUT2D eigenvalue weighted by molar-refractivity contribution is 5.93. The second kappa shape index (κ2) is 13.8. The summed E-state index contributed by atoms with van der Waals surface area (Å²) in [5.74, 6) is -4.17. The minimum absolute atomic E-state index is 0.0861. The van der Waals surface area contributed by atoms with Crippen molar-refractivity contribution in [1.82, 2.24) is 16.0 Å². The molecule has 0 aliphatic heterocycles. The molecule has 0 fully saturated rings. The van der Waals surface area contributed by atoms with Gasteiger partial charge in [0.05, 0.1) is 12.6 Å². The Kier molecular flexibility index (Phi) is 11.6. The molecule has 0 heterocycles. The Morgan fingerprint density at radius 2 is 1.67 bits per heavy atom. The summed E-state index contributed by atoms with van der Waals surface area (Å²) in [6.07, 6.45) is 0.518. The van der Waals surface area contributed by atoms with Gasteiger partial charge in [0.2, 0.25) is 23.6 Å². The standard InChI is InChI=1S/C22H33N5O6/c1-3-13(2)19(22(32)33)27-18(29)12-25-21(31)16(9-10-17(24)28)26-20(30)15(23)11-14-7-5-4-6-8-14/h4-8,13,15-16,19H,3,9-12,23H2,1-2H3,(H2,24,28)(H,25,31)(H,26,30)(H,27,29)(H,32,33). The van der Waals surface area contributed by atoms with Crippen LogP contribution >= 0.6 is 0 Å². The van der Waals surface area contributed by atoms with E-state index in [1.54, 1.807) is 13.8 Å². The zero-order valence-corrected chi connectivity index (χ0v) is 18.9. The molecule has 1 aromatic carbocycles. The second-order valence-corrected chi connectivity index (χ2v) is 7.85. The normalized spacial score (nSPS) is 14.3. The highest BCUT2D eigenvalue weighted by Crippen LogP contribution is 2.08. The summed E-state index contributed by atoms with van der Waals surface area (Å²) in [6, 6.07) is 5.89. The molecule has 0 aliphatic rings. The van der Waals surface area contributed by atoms with E-state index in [0.29, 0.717) is 6.42 Å². The first-order valence-electron chi connectivity index (χ1n) is 10.7. The maximum Gasteiger partial charge on any atom is 0.326 e. The predicted molar refractivity (Wildman–Crippen MR) is 121 cm³/mol. The Bertz CT molecular complexity index is 832. The highest BCUT2D eigenvalue weighted by Gasteiger charge is 2.27. The molecule has 8 N–H and O–H groups in total. The molecule has 0 saturated carbocycles. The first kappa shape index (κ1) is 27.6. The molecule has 4 atom stereocenters. The molecule has 0 spiro atoms. The van der Waals surface area contributed by atoms with Crippen LogP contribution in [0.4, 0.5) is 0 Å². The van der Waals surface area contributed by atoms with Crippen LogP contribution in [0.5, 0.6) is 0 Å². The Balaban J connectivity index is 2.71. The fraction of sp³-hybridized carbons (Fsp3) is 0.500. The zero-order chi connectivity index (χ0) is 25.0. The van der Waals surface area contributed by atoms with E-state index in [2.05, 4.69) is 16.0 Å². The summed E-state index contributed by atoms with van der Waals surface area (Å²) in [5, 5.41) is 16.5. The van der Waals surface area contributed by atoms with Gasteiger partial charge in [0.25, 0.3) is 0 Å². The van der Waals surface area contributed by atoms with Gasteiger partial charge < -0.3 is 32.5 Å². The van der Waals surface area contributed by atoms with Crippen LogP contribution in [-0.2, 0) is 30.4 Å². The summed E-state index contributed by atoms with van der Waals surface area (Å²) in [4.78, 5) is 59.7. The second-order valence-electron chi connectivity index (χ2n) is 7.85. The summed E-state index contributed by atoms with van der Waals surface area (Å²) in [5.41, 5.74) is 11.9. The van der Waals surface area contributed by atoms with Crippen molar-refractivity contribution in [2.75, 3.05) is 6.54 Å². The van der Waals surface area contributed by atoms with Crippen LogP contribution in [0.15, 0.2) is 30.3 Å². The number of carboxylic acid groups (broad SMARTS) is 1. The van der Waals surface area contributed by atoms with Crippen LogP contribution in [0.2, 0.25) is 0 Å². The quantitative estimate of drug-likeness (QED) is 0.204. The molecule has 0 radical (unpaired) electrons. The third-order valence-corrected chi connectivity index (χ3v) is 5.17. The van der Waals surface area contributed by atoms with Gasteiger partial charge in [-0.25, -0.2) is 4.79 Å². The first-order chi connectivity index (χ1) is 15.5. The fourth-order valence-electron chi connectivity index (χ4n) is 2.99. The van der Waals surface area contributed by atoms with Gasteiger partial charge in [-0.3, -0.25) is 19.2 Å². The van der Waals surface area contributed by atoms with Crippen LogP contribution in [0.1, 0.15) is 38.7 Å². The van der Waals surface area contributed by atoms with E-state index in [1.165, 1.54) is 0 Å². The maximum atomic E-state index is 12.6. The maximum absolute atomic E-state index is 12.6. The molecule has 1 aromatic rings. The average molecular weight is 464 g/mol. The number of amides is 4. The third kappa shape index (κ3) is 10.1. The number of nitrogens with one attached hydrogen (secondary N) is 3. The van der Waals surface area contributed by atoms with Gasteiger partial charge in [0, 0.05) is 6.42 Å². The third-order valence-electron chi connectivity index (χ3n) is 5.17. The van der Waals surface area contributed by atoms with Crippen LogP contribution in [0.3, 0.4) is 0 Å². The number of primary amides is 1. The van der Waals surface area contributed by atoms with Gasteiger partial charge in [0.1, 0.15) is 12.1 Å². The summed E-state index contributed by atoms with van der Waals surface area (Å²) < 4.78 is 0. The number of benzene rings is 1. The summed E-state index contributed by atoms with van der Waals surface area (Å²) in [7, 11) is 0. The fourth-order valence-corrected chi connectivity index (χ4v) is 2.99. The number of carbonyl (C=O) groups is 5. The van der Waals surface area contributed by atoms with Gasteiger partial charge in [-0.15, -0.1) is 0 Å². The number of rotatable bonds is 14. The van der Waals surface area contributed by atoms with Crippen LogP contribution < -0.4 is 27.4 Å². The number of hydrogen-bond donors (Lipinski definition) is 6. The summed E-state index contributed by atoms with van der Waals surface area (Å²) in [6.45, 7) is 2.98. The van der Waals surface area contributed by atoms with E-state index in [0.717, 1.165) is 5.56 Å². The van der Waals surface area contributed by atoms with E-state index in [1.807, 2.05) is 30.3 Å². The molecule has 0 aromatic heterocycles. The van der Waals surface area contributed by atoms with Crippen molar-refractivity contribution in [1.29, 1.82) is 0 Å². The number of nitrogens with two attached hydrogens (primary N) is 2. The van der Waals surface area contributed by atoms with E-state index in [4.69, 9.17) is 11.5 Å². The lowest BCUT2D eigenvalue weighted by Gasteiger charge is -2.22. The molecule has 1 rings (SSSR count). The molecular formula is C22H33N5O6. The van der Waals surface area contributed by atoms with Crippen LogP contribution in [-0.4, -0.2) is 59.4 Å². The van der Waals surface area contributed by atoms with Crippen molar-refractivity contribution in [3.63, 3.8) is 0 Å². The van der Waals surface area contributed by atoms with Crippen molar-refractivity contribution < 1.29 is 29.1 Å². The summed E-state index contributed by atoms with van der Waals surface area (Å²) >= 11 is 0. The van der Waals surface area contributed by atoms with Crippen molar-refractivity contribution in [2.45, 2.75) is 57.7 Å². The predicted octanol–water partition coefficient (Wildman–Crippen LogP) is -0.962. The van der Waals surface area contributed by atoms with Gasteiger partial charge in [-0.1, -0.05) is 50.6 Å². The lowest BCUT2D eigenvalue weighted by Crippen LogP contribution is -2.54. The van der Waals surface area contributed by atoms with Crippen LogP contribution in [0.25, 0.3) is 0 Å². The molecular weight excluding hydrogens is 430 g/mol. The van der Waals surface area contributed by atoms with Crippen molar-refractivity contribution in [3.05, 3.63) is 35.9 Å². The van der Waals surface area contributed by atoms with Crippen molar-refractivity contribution in [2.24, 2.45) is 17.4 Å². The average Bonchev–Trinajstić information content (AvgIpc) is 2.78. The largest absolute Gasteiger partial charge is 0.480 e. The molecule has 0 bridgehead atoms. The van der Waals surface area contributed by atoms with E-state index in [-0.39, 0.29) is 25.2 Å². The smallest absolute Gasteiger partial charge is 0.326 e. The molecule has 11 heteroatoms. The molecule has 33 heavy (non-hydrogen) atoms. The topological polar surface area (TPSA) is 194 Å². The number of carboxylic acids is 1. The first-order valence-corrected chi connectivity index (χ1v) is 10.7. The van der Waals surface area contributed by atoms with E-state index < -0.39 is 54.3 Å². The number of hydrogen-bond acceptors (Lipinski definition) is 6. The molecule has 11 nitrogen and oxygen atoms in total. The van der Waals surface area contributed by atoms with Gasteiger partial charge in [-0.2, -0.15) is 0 Å². The van der Waals surface area contributed by atoms with Gasteiger partial charge >= 0.3 is 5.97 Å². The molecule has 4 amide bonds. The Morgan fingerprint density at radius 1 is 1.03 bits per heavy atom. The molecule has 0 saturated heterocycles. The monoisotopic (exact) mass is 463 g/mol.